The van der Waals surface area contributed by atoms with Crippen molar-refractivity contribution in [2.24, 2.45) is 5.92 Å². The third kappa shape index (κ3) is 5.53. The van der Waals surface area contributed by atoms with Gasteiger partial charge in [0, 0.05) is 57.6 Å². The number of benzene rings is 1. The van der Waals surface area contributed by atoms with Crippen molar-refractivity contribution in [1.82, 2.24) is 19.5 Å². The number of morpholine rings is 1. The van der Waals surface area contributed by atoms with Crippen LogP contribution in [0.5, 0.6) is 0 Å². The van der Waals surface area contributed by atoms with Gasteiger partial charge < -0.3 is 10.1 Å². The van der Waals surface area contributed by atoms with E-state index >= 15 is 0 Å². The molecule has 2 aromatic rings. The summed E-state index contributed by atoms with van der Waals surface area (Å²) in [7, 11) is -3.56. The molecule has 2 aliphatic heterocycles. The molecule has 0 aliphatic carbocycles. The van der Waals surface area contributed by atoms with Gasteiger partial charge in [-0.15, -0.1) is 0 Å². The molecule has 2 aliphatic rings. The minimum absolute atomic E-state index is 0.00963. The van der Waals surface area contributed by atoms with Crippen molar-refractivity contribution in [3.63, 3.8) is 0 Å². The SMILES string of the molecule is O=C(NCc1ccccc1CN1CCOCC1)C1CCN(S(=O)(=O)c2cccnc2)CC1. The van der Waals surface area contributed by atoms with Crippen LogP contribution in [0.15, 0.2) is 53.7 Å². The van der Waals surface area contributed by atoms with Crippen molar-refractivity contribution in [2.45, 2.75) is 30.8 Å². The van der Waals surface area contributed by atoms with Crippen molar-refractivity contribution in [3.05, 3.63) is 59.9 Å². The van der Waals surface area contributed by atoms with E-state index in [2.05, 4.69) is 27.3 Å². The number of amides is 1. The van der Waals surface area contributed by atoms with Gasteiger partial charge in [0.25, 0.3) is 0 Å². The highest BCUT2D eigenvalue weighted by molar-refractivity contribution is 7.89. The zero-order chi connectivity index (χ0) is 22.4. The summed E-state index contributed by atoms with van der Waals surface area (Å²) in [6.45, 7) is 5.35. The number of ether oxygens (including phenoxy) is 1. The summed E-state index contributed by atoms with van der Waals surface area (Å²) in [5.41, 5.74) is 2.33. The Balaban J connectivity index is 1.30. The van der Waals surface area contributed by atoms with Crippen LogP contribution < -0.4 is 5.32 Å². The molecule has 0 saturated carbocycles. The summed E-state index contributed by atoms with van der Waals surface area (Å²) in [5.74, 6) is -0.189. The quantitative estimate of drug-likeness (QED) is 0.678. The Morgan fingerprint density at radius 1 is 1.03 bits per heavy atom. The minimum atomic E-state index is -3.56. The Hall–Kier alpha value is -2.33. The van der Waals surface area contributed by atoms with E-state index in [1.54, 1.807) is 18.3 Å². The lowest BCUT2D eigenvalue weighted by atomic mass is 9.97. The van der Waals surface area contributed by atoms with Gasteiger partial charge in [-0.1, -0.05) is 24.3 Å². The van der Waals surface area contributed by atoms with Gasteiger partial charge in [-0.25, -0.2) is 8.42 Å². The number of nitrogens with one attached hydrogen (secondary N) is 1. The normalized spacial score (nSPS) is 19.0. The minimum Gasteiger partial charge on any atom is -0.379 e. The molecule has 2 saturated heterocycles. The molecule has 3 heterocycles. The zero-order valence-electron chi connectivity index (χ0n) is 18.2. The second-order valence-corrected chi connectivity index (χ2v) is 10.2. The molecular weight excluding hydrogens is 428 g/mol. The molecular formula is C23H30N4O4S. The highest BCUT2D eigenvalue weighted by Crippen LogP contribution is 2.24. The molecule has 8 nitrogen and oxygen atoms in total. The number of sulfonamides is 1. The summed E-state index contributed by atoms with van der Waals surface area (Å²) >= 11 is 0. The summed E-state index contributed by atoms with van der Waals surface area (Å²) < 4.78 is 32.4. The van der Waals surface area contributed by atoms with Crippen LogP contribution >= 0.6 is 0 Å². The second-order valence-electron chi connectivity index (χ2n) is 8.24. The number of nitrogens with zero attached hydrogens (tertiary/aromatic N) is 3. The summed E-state index contributed by atoms with van der Waals surface area (Å²) in [5, 5.41) is 3.07. The van der Waals surface area contributed by atoms with Crippen LogP contribution in [-0.4, -0.2) is 67.9 Å². The van der Waals surface area contributed by atoms with E-state index < -0.39 is 10.0 Å². The molecule has 0 unspecified atom stereocenters. The molecule has 1 N–H and O–H groups in total. The van der Waals surface area contributed by atoms with E-state index in [0.29, 0.717) is 32.5 Å². The average Bonchev–Trinajstić information content (AvgIpc) is 2.84. The molecule has 1 amide bonds. The Kier molecular flexibility index (Phi) is 7.51. The first-order valence-electron chi connectivity index (χ1n) is 11.1. The van der Waals surface area contributed by atoms with E-state index in [1.807, 2.05) is 12.1 Å². The van der Waals surface area contributed by atoms with Crippen molar-refractivity contribution < 1.29 is 17.9 Å². The zero-order valence-corrected chi connectivity index (χ0v) is 19.0. The summed E-state index contributed by atoms with van der Waals surface area (Å²) in [4.78, 5) is 19.2. The standard InChI is InChI=1S/C23H30N4O4S/c28-23(19-7-10-27(11-8-19)32(29,30)22-6-3-9-24-17-22)25-16-20-4-1-2-5-21(20)18-26-12-14-31-15-13-26/h1-6,9,17,19H,7-8,10-16,18H2,(H,25,28). The smallest absolute Gasteiger partial charge is 0.244 e. The molecule has 0 atom stereocenters. The number of rotatable bonds is 7. The van der Waals surface area contributed by atoms with Crippen molar-refractivity contribution in [3.8, 4) is 0 Å². The van der Waals surface area contributed by atoms with E-state index in [0.717, 1.165) is 38.4 Å². The lowest BCUT2D eigenvalue weighted by Crippen LogP contribution is -2.43. The molecule has 0 radical (unpaired) electrons. The van der Waals surface area contributed by atoms with Crippen LogP contribution in [0.3, 0.4) is 0 Å². The first-order chi connectivity index (χ1) is 15.5. The first kappa shape index (κ1) is 22.8. The van der Waals surface area contributed by atoms with Crippen LogP contribution in [0.2, 0.25) is 0 Å². The summed E-state index contributed by atoms with van der Waals surface area (Å²) in [6.07, 6.45) is 3.94. The number of carbonyl (C=O) groups excluding carboxylic acids is 1. The van der Waals surface area contributed by atoms with E-state index in [-0.39, 0.29) is 16.7 Å². The number of hydrogen-bond donors (Lipinski definition) is 1. The molecule has 0 spiro atoms. The maximum Gasteiger partial charge on any atom is 0.244 e. The second kappa shape index (κ2) is 10.5. The number of aromatic nitrogens is 1. The molecule has 172 valence electrons. The fraction of sp³-hybridized carbons (Fsp3) is 0.478. The molecule has 1 aromatic heterocycles. The molecule has 9 heteroatoms. The summed E-state index contributed by atoms with van der Waals surface area (Å²) in [6, 6.07) is 11.4. The van der Waals surface area contributed by atoms with Gasteiger partial charge in [0.05, 0.1) is 13.2 Å². The van der Waals surface area contributed by atoms with Gasteiger partial charge >= 0.3 is 0 Å². The predicted molar refractivity (Wildman–Crippen MR) is 120 cm³/mol. The maximum atomic E-state index is 12.8. The largest absolute Gasteiger partial charge is 0.379 e. The monoisotopic (exact) mass is 458 g/mol. The molecule has 0 bridgehead atoms. The number of pyridine rings is 1. The third-order valence-corrected chi connectivity index (χ3v) is 8.05. The Morgan fingerprint density at radius 3 is 2.44 bits per heavy atom. The lowest BCUT2D eigenvalue weighted by molar-refractivity contribution is -0.126. The molecule has 32 heavy (non-hydrogen) atoms. The number of carbonyl (C=O) groups is 1. The molecule has 4 rings (SSSR count). The van der Waals surface area contributed by atoms with Crippen molar-refractivity contribution >= 4 is 15.9 Å². The number of hydrogen-bond acceptors (Lipinski definition) is 6. The van der Waals surface area contributed by atoms with Crippen molar-refractivity contribution in [2.75, 3.05) is 39.4 Å². The first-order valence-corrected chi connectivity index (χ1v) is 12.5. The van der Waals surface area contributed by atoms with E-state index in [4.69, 9.17) is 4.74 Å². The Bertz CT molecular complexity index is 1000. The lowest BCUT2D eigenvalue weighted by Gasteiger charge is -2.30. The highest BCUT2D eigenvalue weighted by atomic mass is 32.2. The third-order valence-electron chi connectivity index (χ3n) is 6.17. The van der Waals surface area contributed by atoms with E-state index in [9.17, 15) is 13.2 Å². The van der Waals surface area contributed by atoms with Crippen LogP contribution in [0, 0.1) is 5.92 Å². The fourth-order valence-electron chi connectivity index (χ4n) is 4.22. The van der Waals surface area contributed by atoms with Gasteiger partial charge in [0.2, 0.25) is 15.9 Å². The topological polar surface area (TPSA) is 91.8 Å². The number of piperidine rings is 1. The van der Waals surface area contributed by atoms with Crippen LogP contribution in [0.25, 0.3) is 0 Å². The molecule has 2 fully saturated rings. The van der Waals surface area contributed by atoms with Crippen LogP contribution in [0.4, 0.5) is 0 Å². The Labute approximate surface area is 189 Å². The maximum absolute atomic E-state index is 12.8. The van der Waals surface area contributed by atoms with Gasteiger partial charge in [-0.05, 0) is 36.1 Å². The van der Waals surface area contributed by atoms with Gasteiger partial charge in [-0.2, -0.15) is 4.31 Å². The van der Waals surface area contributed by atoms with Crippen LogP contribution in [-0.2, 0) is 32.6 Å². The van der Waals surface area contributed by atoms with Gasteiger partial charge in [0.15, 0.2) is 0 Å². The van der Waals surface area contributed by atoms with Gasteiger partial charge in [-0.3, -0.25) is 14.7 Å². The predicted octanol–water partition coefficient (Wildman–Crippen LogP) is 1.63. The average molecular weight is 459 g/mol. The van der Waals surface area contributed by atoms with E-state index in [1.165, 1.54) is 16.1 Å². The molecule has 1 aromatic carbocycles. The highest BCUT2D eigenvalue weighted by Gasteiger charge is 2.32. The Morgan fingerprint density at radius 2 is 1.75 bits per heavy atom. The fourth-order valence-corrected chi connectivity index (χ4v) is 5.65. The van der Waals surface area contributed by atoms with Crippen LogP contribution in [0.1, 0.15) is 24.0 Å². The van der Waals surface area contributed by atoms with Crippen molar-refractivity contribution in [1.29, 1.82) is 0 Å². The van der Waals surface area contributed by atoms with Gasteiger partial charge in [0.1, 0.15) is 4.90 Å².